The van der Waals surface area contributed by atoms with Crippen LogP contribution in [0.25, 0.3) is 0 Å². The molecular weight excluding hydrogens is 474 g/mol. The molecule has 0 aliphatic heterocycles. The van der Waals surface area contributed by atoms with Gasteiger partial charge in [0.25, 0.3) is 0 Å². The Labute approximate surface area is 208 Å². The van der Waals surface area contributed by atoms with Crippen LogP contribution in [-0.4, -0.2) is 50.5 Å². The van der Waals surface area contributed by atoms with Crippen LogP contribution >= 0.6 is 11.6 Å². The maximum absolute atomic E-state index is 13.3. The number of likely N-dealkylation sites (N-methyl/N-ethyl adjacent to an activating group) is 1. The molecule has 2 amide bonds. The fourth-order valence-electron chi connectivity index (χ4n) is 3.82. The molecule has 0 aromatic heterocycles. The fourth-order valence-corrected chi connectivity index (χ4v) is 4.97. The number of rotatable bonds is 12. The molecule has 0 aliphatic carbocycles. The summed E-state index contributed by atoms with van der Waals surface area (Å²) < 4.78 is 26.2. The average molecular weight is 508 g/mol. The van der Waals surface area contributed by atoms with Crippen molar-refractivity contribution in [3.8, 4) is 0 Å². The molecule has 0 saturated carbocycles. The zero-order valence-corrected chi connectivity index (χ0v) is 21.8. The summed E-state index contributed by atoms with van der Waals surface area (Å²) in [6.45, 7) is 6.46. The molecule has 34 heavy (non-hydrogen) atoms. The minimum Gasteiger partial charge on any atom is -0.355 e. The number of nitrogens with one attached hydrogen (secondary N) is 1. The zero-order valence-electron chi connectivity index (χ0n) is 20.3. The molecule has 9 heteroatoms. The average Bonchev–Trinajstić information content (AvgIpc) is 2.78. The van der Waals surface area contributed by atoms with Crippen molar-refractivity contribution in [1.29, 1.82) is 0 Å². The van der Waals surface area contributed by atoms with Gasteiger partial charge >= 0.3 is 0 Å². The SMILES string of the molecule is CCNC(=O)[C@@H](CC)N(Cc1ccc(Cl)cc1)C(=O)CCCN(c1ccccc1C)S(C)(=O)=O. The molecule has 186 valence electrons. The molecule has 0 heterocycles. The zero-order chi connectivity index (χ0) is 25.3. The Morgan fingerprint density at radius 3 is 2.26 bits per heavy atom. The Balaban J connectivity index is 2.20. The van der Waals surface area contributed by atoms with E-state index >= 15 is 0 Å². The van der Waals surface area contributed by atoms with E-state index in [1.54, 1.807) is 29.2 Å². The number of carbonyl (C=O) groups excluding carboxylic acids is 2. The molecule has 2 rings (SSSR count). The van der Waals surface area contributed by atoms with Gasteiger partial charge in [-0.15, -0.1) is 0 Å². The van der Waals surface area contributed by atoms with E-state index in [4.69, 9.17) is 11.6 Å². The summed E-state index contributed by atoms with van der Waals surface area (Å²) in [5.74, 6) is -0.406. The number of hydrogen-bond donors (Lipinski definition) is 1. The van der Waals surface area contributed by atoms with Crippen molar-refractivity contribution in [2.45, 2.75) is 52.6 Å². The number of benzene rings is 2. The van der Waals surface area contributed by atoms with Crippen molar-refractivity contribution in [3.05, 3.63) is 64.7 Å². The minimum absolute atomic E-state index is 0.112. The first-order valence-corrected chi connectivity index (χ1v) is 13.7. The Morgan fingerprint density at radius 1 is 1.06 bits per heavy atom. The van der Waals surface area contributed by atoms with Crippen molar-refractivity contribution < 1.29 is 18.0 Å². The van der Waals surface area contributed by atoms with E-state index in [1.165, 1.54) is 4.31 Å². The lowest BCUT2D eigenvalue weighted by molar-refractivity contribution is -0.141. The Kier molecular flexibility index (Phi) is 10.4. The number of nitrogens with zero attached hydrogens (tertiary/aromatic N) is 2. The number of hydrogen-bond acceptors (Lipinski definition) is 4. The van der Waals surface area contributed by atoms with Crippen LogP contribution < -0.4 is 9.62 Å². The molecule has 0 spiro atoms. The van der Waals surface area contributed by atoms with E-state index in [1.807, 2.05) is 45.0 Å². The molecule has 0 radical (unpaired) electrons. The summed E-state index contributed by atoms with van der Waals surface area (Å²) in [5.41, 5.74) is 2.30. The van der Waals surface area contributed by atoms with Gasteiger partial charge in [-0.25, -0.2) is 8.42 Å². The molecule has 1 atom stereocenters. The van der Waals surface area contributed by atoms with Gasteiger partial charge in [0.05, 0.1) is 11.9 Å². The highest BCUT2D eigenvalue weighted by Crippen LogP contribution is 2.23. The van der Waals surface area contributed by atoms with E-state index in [0.717, 1.165) is 17.4 Å². The first-order valence-electron chi connectivity index (χ1n) is 11.4. The van der Waals surface area contributed by atoms with Gasteiger partial charge in [0.1, 0.15) is 6.04 Å². The highest BCUT2D eigenvalue weighted by Gasteiger charge is 2.28. The monoisotopic (exact) mass is 507 g/mol. The van der Waals surface area contributed by atoms with Crippen molar-refractivity contribution >= 4 is 39.1 Å². The summed E-state index contributed by atoms with van der Waals surface area (Å²) in [7, 11) is -3.52. The van der Waals surface area contributed by atoms with Crippen LogP contribution in [0.5, 0.6) is 0 Å². The summed E-state index contributed by atoms with van der Waals surface area (Å²) in [6.07, 6.45) is 2.06. The van der Waals surface area contributed by atoms with Crippen LogP contribution in [0.4, 0.5) is 5.69 Å². The predicted octanol–water partition coefficient (Wildman–Crippen LogP) is 4.14. The number of sulfonamides is 1. The second-order valence-corrected chi connectivity index (χ2v) is 10.5. The number of aryl methyl sites for hydroxylation is 1. The van der Waals surface area contributed by atoms with E-state index in [9.17, 15) is 18.0 Å². The predicted molar refractivity (Wildman–Crippen MR) is 137 cm³/mol. The third-order valence-corrected chi connectivity index (χ3v) is 6.97. The van der Waals surface area contributed by atoms with E-state index in [-0.39, 0.29) is 31.3 Å². The van der Waals surface area contributed by atoms with Gasteiger partial charge in [-0.2, -0.15) is 0 Å². The van der Waals surface area contributed by atoms with Gasteiger partial charge in [0, 0.05) is 31.1 Å². The van der Waals surface area contributed by atoms with Gasteiger partial charge in [-0.05, 0) is 56.0 Å². The number of anilines is 1. The molecule has 7 nitrogen and oxygen atoms in total. The minimum atomic E-state index is -3.52. The van der Waals surface area contributed by atoms with Crippen LogP contribution in [0.1, 0.15) is 44.2 Å². The molecule has 0 saturated heterocycles. The van der Waals surface area contributed by atoms with Crippen LogP contribution in [-0.2, 0) is 26.2 Å². The highest BCUT2D eigenvalue weighted by atomic mass is 35.5. The Bertz CT molecular complexity index is 1070. The van der Waals surface area contributed by atoms with Crippen molar-refractivity contribution in [3.63, 3.8) is 0 Å². The third kappa shape index (κ3) is 7.74. The molecule has 1 N–H and O–H groups in total. The summed E-state index contributed by atoms with van der Waals surface area (Å²) in [5, 5.41) is 3.40. The quantitative estimate of drug-likeness (QED) is 0.467. The maximum Gasteiger partial charge on any atom is 0.242 e. The van der Waals surface area contributed by atoms with Crippen molar-refractivity contribution in [2.75, 3.05) is 23.7 Å². The van der Waals surface area contributed by atoms with Gasteiger partial charge in [0.2, 0.25) is 21.8 Å². The topological polar surface area (TPSA) is 86.8 Å². The van der Waals surface area contributed by atoms with Crippen LogP contribution in [0.2, 0.25) is 5.02 Å². The second-order valence-electron chi connectivity index (χ2n) is 8.19. The first kappa shape index (κ1) is 27.7. The Hall–Kier alpha value is -2.58. The molecule has 0 unspecified atom stereocenters. The van der Waals surface area contributed by atoms with Crippen LogP contribution in [0, 0.1) is 6.92 Å². The molecule has 2 aromatic rings. The standard InChI is InChI=1S/C25H34ClN3O4S/c1-5-22(25(31)27-6-2)28(18-20-13-15-21(26)16-14-20)24(30)12-9-17-29(34(4,32)33)23-11-8-7-10-19(23)3/h7-8,10-11,13-16,22H,5-6,9,12,17-18H2,1-4H3,(H,27,31)/t22-/m1/s1. The van der Waals surface area contributed by atoms with Gasteiger partial charge in [0.15, 0.2) is 0 Å². The fraction of sp³-hybridized carbons (Fsp3) is 0.440. The first-order chi connectivity index (χ1) is 16.1. The smallest absolute Gasteiger partial charge is 0.242 e. The van der Waals surface area contributed by atoms with Crippen LogP contribution in [0.3, 0.4) is 0 Å². The van der Waals surface area contributed by atoms with Crippen molar-refractivity contribution in [2.24, 2.45) is 0 Å². The maximum atomic E-state index is 13.3. The lowest BCUT2D eigenvalue weighted by Gasteiger charge is -2.31. The van der Waals surface area contributed by atoms with Crippen molar-refractivity contribution in [1.82, 2.24) is 10.2 Å². The van der Waals surface area contributed by atoms with Gasteiger partial charge in [-0.3, -0.25) is 13.9 Å². The number of amides is 2. The highest BCUT2D eigenvalue weighted by molar-refractivity contribution is 7.92. The molecule has 0 fully saturated rings. The summed E-state index contributed by atoms with van der Waals surface area (Å²) in [6, 6.07) is 13.8. The molecule has 0 aliphatic rings. The number of halogens is 1. The second kappa shape index (κ2) is 12.8. The van der Waals surface area contributed by atoms with E-state index in [0.29, 0.717) is 30.1 Å². The Morgan fingerprint density at radius 2 is 1.71 bits per heavy atom. The van der Waals surface area contributed by atoms with E-state index < -0.39 is 16.1 Å². The normalized spacial score (nSPS) is 12.1. The number of para-hydroxylation sites is 1. The van der Waals surface area contributed by atoms with Gasteiger partial charge in [-0.1, -0.05) is 48.9 Å². The lowest BCUT2D eigenvalue weighted by Crippen LogP contribution is -2.49. The third-order valence-electron chi connectivity index (χ3n) is 5.54. The molecule has 0 bridgehead atoms. The lowest BCUT2D eigenvalue weighted by atomic mass is 10.1. The molecule has 2 aromatic carbocycles. The largest absolute Gasteiger partial charge is 0.355 e. The van der Waals surface area contributed by atoms with Crippen LogP contribution in [0.15, 0.2) is 48.5 Å². The summed E-state index contributed by atoms with van der Waals surface area (Å²) >= 11 is 5.99. The van der Waals surface area contributed by atoms with E-state index in [2.05, 4.69) is 5.32 Å². The number of carbonyl (C=O) groups is 2. The summed E-state index contributed by atoms with van der Waals surface area (Å²) in [4.78, 5) is 27.6. The molecular formula is C25H34ClN3O4S. The van der Waals surface area contributed by atoms with Gasteiger partial charge < -0.3 is 10.2 Å².